The van der Waals surface area contributed by atoms with Gasteiger partial charge in [-0.05, 0) is 69.9 Å². The minimum atomic E-state index is -0.0897. The van der Waals surface area contributed by atoms with Crippen LogP contribution < -0.4 is 5.32 Å². The number of piperidine rings is 1. The molecule has 1 aliphatic heterocycles. The number of hydrogen-bond acceptors (Lipinski definition) is 2. The predicted octanol–water partition coefficient (Wildman–Crippen LogP) is 3.13. The Labute approximate surface area is 116 Å². The lowest BCUT2D eigenvalue weighted by Crippen LogP contribution is -2.40. The molecule has 1 saturated heterocycles. The maximum absolute atomic E-state index is 13.7. The highest BCUT2D eigenvalue weighted by atomic mass is 19.1. The van der Waals surface area contributed by atoms with Crippen molar-refractivity contribution in [1.29, 1.82) is 0 Å². The van der Waals surface area contributed by atoms with Crippen LogP contribution in [0.15, 0.2) is 18.2 Å². The summed E-state index contributed by atoms with van der Waals surface area (Å²) in [4.78, 5) is 2.48. The maximum Gasteiger partial charge on any atom is 0.126 e. The van der Waals surface area contributed by atoms with E-state index in [9.17, 15) is 4.39 Å². The molecule has 0 saturated carbocycles. The van der Waals surface area contributed by atoms with Gasteiger partial charge in [0.1, 0.15) is 5.82 Å². The summed E-state index contributed by atoms with van der Waals surface area (Å²) in [5.74, 6) is 0.629. The first-order valence-electron chi connectivity index (χ1n) is 7.26. The summed E-state index contributed by atoms with van der Waals surface area (Å²) in [7, 11) is 2.01. The van der Waals surface area contributed by atoms with Crippen LogP contribution >= 0.6 is 0 Å². The molecule has 2 atom stereocenters. The largest absolute Gasteiger partial charge is 0.319 e. The molecule has 0 aromatic heterocycles. The van der Waals surface area contributed by atoms with E-state index in [0.29, 0.717) is 6.04 Å². The third-order valence-electron chi connectivity index (χ3n) is 4.27. The summed E-state index contributed by atoms with van der Waals surface area (Å²) < 4.78 is 13.7. The molecule has 2 rings (SSSR count). The first kappa shape index (κ1) is 14.5. The normalized spacial score (nSPS) is 22.4. The van der Waals surface area contributed by atoms with Crippen LogP contribution in [0.25, 0.3) is 0 Å². The van der Waals surface area contributed by atoms with E-state index in [1.54, 1.807) is 6.07 Å². The lowest BCUT2D eigenvalue weighted by atomic mass is 9.95. The molecular formula is C16H25FN2. The Kier molecular flexibility index (Phi) is 4.94. The summed E-state index contributed by atoms with van der Waals surface area (Å²) in [6.07, 6.45) is 2.54. The van der Waals surface area contributed by atoms with Gasteiger partial charge < -0.3 is 5.32 Å². The fourth-order valence-corrected chi connectivity index (χ4v) is 2.98. The fourth-order valence-electron chi connectivity index (χ4n) is 2.98. The molecule has 0 spiro atoms. The Morgan fingerprint density at radius 3 is 2.95 bits per heavy atom. The van der Waals surface area contributed by atoms with Crippen molar-refractivity contribution in [2.45, 2.75) is 32.7 Å². The van der Waals surface area contributed by atoms with Crippen LogP contribution in [0, 0.1) is 18.7 Å². The highest BCUT2D eigenvalue weighted by Crippen LogP contribution is 2.27. The van der Waals surface area contributed by atoms with E-state index >= 15 is 0 Å². The average molecular weight is 264 g/mol. The molecule has 2 nitrogen and oxygen atoms in total. The van der Waals surface area contributed by atoms with Gasteiger partial charge in [0.15, 0.2) is 0 Å². The number of aryl methyl sites for hydroxylation is 1. The van der Waals surface area contributed by atoms with Crippen LogP contribution in [-0.2, 0) is 0 Å². The van der Waals surface area contributed by atoms with Crippen molar-refractivity contribution in [3.05, 3.63) is 35.1 Å². The molecule has 0 aliphatic carbocycles. The third kappa shape index (κ3) is 3.54. The highest BCUT2D eigenvalue weighted by Gasteiger charge is 2.24. The first-order valence-corrected chi connectivity index (χ1v) is 7.26. The van der Waals surface area contributed by atoms with Gasteiger partial charge in [-0.25, -0.2) is 4.39 Å². The summed E-state index contributed by atoms with van der Waals surface area (Å²) in [5.41, 5.74) is 1.82. The number of benzene rings is 1. The number of nitrogens with one attached hydrogen (secondary N) is 1. The quantitative estimate of drug-likeness (QED) is 0.899. The minimum Gasteiger partial charge on any atom is -0.319 e. The van der Waals surface area contributed by atoms with Crippen molar-refractivity contribution in [2.24, 2.45) is 5.92 Å². The van der Waals surface area contributed by atoms with Crippen LogP contribution in [0.1, 0.15) is 36.9 Å². The zero-order chi connectivity index (χ0) is 13.8. The number of halogens is 1. The Hall–Kier alpha value is -0.930. The summed E-state index contributed by atoms with van der Waals surface area (Å²) >= 11 is 0. The van der Waals surface area contributed by atoms with Crippen molar-refractivity contribution in [3.63, 3.8) is 0 Å². The van der Waals surface area contributed by atoms with E-state index < -0.39 is 0 Å². The van der Waals surface area contributed by atoms with Crippen molar-refractivity contribution in [2.75, 3.05) is 26.7 Å². The SMILES string of the molecule is CNCC1CCCN(C(C)c2ccc(C)c(F)c2)C1. The molecule has 0 amide bonds. The second-order valence-corrected chi connectivity index (χ2v) is 5.75. The van der Waals surface area contributed by atoms with E-state index in [1.165, 1.54) is 12.8 Å². The summed E-state index contributed by atoms with van der Waals surface area (Å²) in [5, 5.41) is 3.27. The highest BCUT2D eigenvalue weighted by molar-refractivity contribution is 5.25. The van der Waals surface area contributed by atoms with E-state index in [4.69, 9.17) is 0 Å². The van der Waals surface area contributed by atoms with E-state index in [0.717, 1.165) is 36.7 Å². The fraction of sp³-hybridized carbons (Fsp3) is 0.625. The summed E-state index contributed by atoms with van der Waals surface area (Å²) in [6.45, 7) is 7.30. The van der Waals surface area contributed by atoms with Gasteiger partial charge in [0, 0.05) is 12.6 Å². The van der Waals surface area contributed by atoms with Crippen molar-refractivity contribution >= 4 is 0 Å². The molecule has 19 heavy (non-hydrogen) atoms. The van der Waals surface area contributed by atoms with Gasteiger partial charge >= 0.3 is 0 Å². The molecule has 106 valence electrons. The zero-order valence-corrected chi connectivity index (χ0v) is 12.2. The van der Waals surface area contributed by atoms with Gasteiger partial charge in [0.05, 0.1) is 0 Å². The molecule has 1 fully saturated rings. The standard InChI is InChI=1S/C16H25FN2/c1-12-6-7-15(9-16(12)17)13(2)19-8-4-5-14(11-19)10-18-3/h6-7,9,13-14,18H,4-5,8,10-11H2,1-3H3. The molecule has 0 bridgehead atoms. The van der Waals surface area contributed by atoms with Crippen LogP contribution in [-0.4, -0.2) is 31.6 Å². The van der Waals surface area contributed by atoms with Gasteiger partial charge in [-0.3, -0.25) is 4.90 Å². The molecule has 1 aromatic rings. The van der Waals surface area contributed by atoms with E-state index in [2.05, 4.69) is 23.2 Å². The molecule has 1 heterocycles. The lowest BCUT2D eigenvalue weighted by molar-refractivity contribution is 0.131. The predicted molar refractivity (Wildman–Crippen MR) is 77.8 cm³/mol. The lowest BCUT2D eigenvalue weighted by Gasteiger charge is -2.37. The van der Waals surface area contributed by atoms with Crippen LogP contribution in [0.3, 0.4) is 0 Å². The van der Waals surface area contributed by atoms with Gasteiger partial charge in [0.2, 0.25) is 0 Å². The third-order valence-corrected chi connectivity index (χ3v) is 4.27. The van der Waals surface area contributed by atoms with Crippen molar-refractivity contribution in [3.8, 4) is 0 Å². The maximum atomic E-state index is 13.7. The van der Waals surface area contributed by atoms with Gasteiger partial charge in [-0.2, -0.15) is 0 Å². The van der Waals surface area contributed by atoms with Gasteiger partial charge in [-0.15, -0.1) is 0 Å². The summed E-state index contributed by atoms with van der Waals surface area (Å²) in [6, 6.07) is 5.94. The van der Waals surface area contributed by atoms with Gasteiger partial charge in [-0.1, -0.05) is 12.1 Å². The molecule has 1 aliphatic rings. The van der Waals surface area contributed by atoms with E-state index in [-0.39, 0.29) is 5.82 Å². The van der Waals surface area contributed by atoms with Crippen molar-refractivity contribution < 1.29 is 4.39 Å². The molecule has 0 radical (unpaired) electrons. The molecular weight excluding hydrogens is 239 g/mol. The monoisotopic (exact) mass is 264 g/mol. The molecule has 2 unspecified atom stereocenters. The number of rotatable bonds is 4. The minimum absolute atomic E-state index is 0.0897. The first-order chi connectivity index (χ1) is 9.11. The molecule has 3 heteroatoms. The Morgan fingerprint density at radius 2 is 2.26 bits per heavy atom. The van der Waals surface area contributed by atoms with Gasteiger partial charge in [0.25, 0.3) is 0 Å². The number of likely N-dealkylation sites (tertiary alicyclic amines) is 1. The van der Waals surface area contributed by atoms with Crippen molar-refractivity contribution in [1.82, 2.24) is 10.2 Å². The Bertz CT molecular complexity index is 417. The Balaban J connectivity index is 2.05. The second kappa shape index (κ2) is 6.49. The average Bonchev–Trinajstić information content (AvgIpc) is 2.42. The van der Waals surface area contributed by atoms with E-state index in [1.807, 2.05) is 20.0 Å². The molecule has 1 N–H and O–H groups in total. The smallest absolute Gasteiger partial charge is 0.126 e. The Morgan fingerprint density at radius 1 is 1.47 bits per heavy atom. The second-order valence-electron chi connectivity index (χ2n) is 5.75. The zero-order valence-electron chi connectivity index (χ0n) is 12.2. The van der Waals surface area contributed by atoms with Crippen LogP contribution in [0.2, 0.25) is 0 Å². The van der Waals surface area contributed by atoms with Crippen LogP contribution in [0.4, 0.5) is 4.39 Å². The van der Waals surface area contributed by atoms with Crippen LogP contribution in [0.5, 0.6) is 0 Å². The number of hydrogen-bond donors (Lipinski definition) is 1. The molecule has 1 aromatic carbocycles. The number of nitrogens with zero attached hydrogens (tertiary/aromatic N) is 1. The topological polar surface area (TPSA) is 15.3 Å².